The summed E-state index contributed by atoms with van der Waals surface area (Å²) in [5, 5.41) is 2.70. The number of carbonyl (C=O) groups excluding carboxylic acids is 2. The Morgan fingerprint density at radius 3 is 2.41 bits per heavy atom. The number of hydrogen-bond acceptors (Lipinski definition) is 6. The maximum atomic E-state index is 12.3. The molecule has 0 saturated heterocycles. The number of Topliss-reactive ketones (excluding diaryl/α,β-unsaturated/α-hetero) is 1. The summed E-state index contributed by atoms with van der Waals surface area (Å²) in [5.74, 6) is 1.57. The Morgan fingerprint density at radius 1 is 1.04 bits per heavy atom. The molecule has 0 bridgehead atoms. The molecule has 1 N–H and O–H groups in total. The van der Waals surface area contributed by atoms with Crippen LogP contribution in [-0.2, 0) is 4.79 Å². The highest BCUT2D eigenvalue weighted by molar-refractivity contribution is 6.08. The first-order valence-corrected chi connectivity index (χ1v) is 8.17. The molecule has 3 rings (SSSR count). The molecule has 0 saturated carbocycles. The standard InChI is InChI=1S/C20H19NO6/c1-12(22)14-9-18-19(27-11-26-18)10-15(14)21-20(23)7-5-13-4-6-16(24-2)17(8-13)25-3/h4-10H,11H2,1-3H3,(H,21,23). The van der Waals surface area contributed by atoms with Gasteiger partial charge in [-0.2, -0.15) is 0 Å². The number of nitrogens with one attached hydrogen (secondary N) is 1. The average molecular weight is 369 g/mol. The first-order valence-electron chi connectivity index (χ1n) is 8.17. The molecule has 27 heavy (non-hydrogen) atoms. The molecule has 7 nitrogen and oxygen atoms in total. The van der Waals surface area contributed by atoms with Gasteiger partial charge in [-0.1, -0.05) is 6.07 Å². The van der Waals surface area contributed by atoms with Gasteiger partial charge in [0, 0.05) is 17.7 Å². The number of fused-ring (bicyclic) bond motifs is 1. The van der Waals surface area contributed by atoms with Gasteiger partial charge in [-0.05, 0) is 36.8 Å². The normalized spacial score (nSPS) is 12.1. The van der Waals surface area contributed by atoms with Crippen molar-refractivity contribution in [3.05, 3.63) is 47.5 Å². The van der Waals surface area contributed by atoms with Crippen LogP contribution in [-0.4, -0.2) is 32.7 Å². The third-order valence-corrected chi connectivity index (χ3v) is 3.98. The van der Waals surface area contributed by atoms with Crippen molar-refractivity contribution >= 4 is 23.5 Å². The van der Waals surface area contributed by atoms with Crippen LogP contribution in [0.3, 0.4) is 0 Å². The topological polar surface area (TPSA) is 83.1 Å². The van der Waals surface area contributed by atoms with Gasteiger partial charge in [0.05, 0.1) is 19.9 Å². The van der Waals surface area contributed by atoms with Crippen LogP contribution < -0.4 is 24.3 Å². The van der Waals surface area contributed by atoms with Gasteiger partial charge in [-0.3, -0.25) is 9.59 Å². The average Bonchev–Trinajstić information content (AvgIpc) is 3.12. The fourth-order valence-electron chi connectivity index (χ4n) is 2.64. The molecule has 0 fully saturated rings. The molecular formula is C20H19NO6. The van der Waals surface area contributed by atoms with Crippen LogP contribution in [0.25, 0.3) is 6.08 Å². The highest BCUT2D eigenvalue weighted by Gasteiger charge is 2.20. The van der Waals surface area contributed by atoms with Crippen LogP contribution in [0, 0.1) is 0 Å². The number of rotatable bonds is 6. The second-order valence-electron chi connectivity index (χ2n) is 5.74. The SMILES string of the molecule is COc1ccc(C=CC(=O)Nc2cc3c(cc2C(C)=O)OCO3)cc1OC. The molecule has 0 aromatic heterocycles. The van der Waals surface area contributed by atoms with Crippen LogP contribution in [0.1, 0.15) is 22.8 Å². The van der Waals surface area contributed by atoms with Crippen molar-refractivity contribution in [1.82, 2.24) is 0 Å². The summed E-state index contributed by atoms with van der Waals surface area (Å²) in [6, 6.07) is 8.46. The van der Waals surface area contributed by atoms with Crippen molar-refractivity contribution in [2.45, 2.75) is 6.92 Å². The van der Waals surface area contributed by atoms with Gasteiger partial charge in [0.1, 0.15) is 0 Å². The van der Waals surface area contributed by atoms with E-state index < -0.39 is 0 Å². The van der Waals surface area contributed by atoms with Crippen LogP contribution >= 0.6 is 0 Å². The van der Waals surface area contributed by atoms with Crippen LogP contribution in [0.2, 0.25) is 0 Å². The van der Waals surface area contributed by atoms with Crippen LogP contribution in [0.4, 0.5) is 5.69 Å². The van der Waals surface area contributed by atoms with E-state index in [0.717, 1.165) is 5.56 Å². The van der Waals surface area contributed by atoms with Crippen molar-refractivity contribution in [3.63, 3.8) is 0 Å². The molecule has 1 aliphatic heterocycles. The largest absolute Gasteiger partial charge is 0.493 e. The molecule has 1 aliphatic rings. The Labute approximate surface area is 156 Å². The van der Waals surface area contributed by atoms with E-state index in [2.05, 4.69) is 5.32 Å². The zero-order valence-electron chi connectivity index (χ0n) is 15.2. The molecule has 0 spiro atoms. The van der Waals surface area contributed by atoms with Gasteiger partial charge >= 0.3 is 0 Å². The Morgan fingerprint density at radius 2 is 1.74 bits per heavy atom. The summed E-state index contributed by atoms with van der Waals surface area (Å²) in [4.78, 5) is 24.2. The minimum Gasteiger partial charge on any atom is -0.493 e. The second kappa shape index (κ2) is 7.82. The van der Waals surface area contributed by atoms with E-state index in [1.807, 2.05) is 0 Å². The van der Waals surface area contributed by atoms with Crippen molar-refractivity contribution in [3.8, 4) is 23.0 Å². The van der Waals surface area contributed by atoms with E-state index in [-0.39, 0.29) is 18.5 Å². The Balaban J connectivity index is 1.78. The zero-order valence-corrected chi connectivity index (χ0v) is 15.2. The smallest absolute Gasteiger partial charge is 0.248 e. The summed E-state index contributed by atoms with van der Waals surface area (Å²) >= 11 is 0. The third-order valence-electron chi connectivity index (χ3n) is 3.98. The Kier molecular flexibility index (Phi) is 5.30. The van der Waals surface area contributed by atoms with Crippen molar-refractivity contribution < 1.29 is 28.5 Å². The molecule has 7 heteroatoms. The Bertz CT molecular complexity index is 919. The van der Waals surface area contributed by atoms with Crippen molar-refractivity contribution in [2.75, 3.05) is 26.3 Å². The lowest BCUT2D eigenvalue weighted by atomic mass is 10.1. The Hall–Kier alpha value is -3.48. The fourth-order valence-corrected chi connectivity index (χ4v) is 2.64. The summed E-state index contributed by atoms with van der Waals surface area (Å²) in [5.41, 5.74) is 1.49. The minimum absolute atomic E-state index is 0.0866. The number of anilines is 1. The van der Waals surface area contributed by atoms with Crippen LogP contribution in [0.15, 0.2) is 36.4 Å². The quantitative estimate of drug-likeness (QED) is 0.621. The summed E-state index contributed by atoms with van der Waals surface area (Å²) in [6.45, 7) is 1.51. The lowest BCUT2D eigenvalue weighted by Gasteiger charge is -2.09. The van der Waals surface area contributed by atoms with E-state index in [1.54, 1.807) is 50.6 Å². The van der Waals surface area contributed by atoms with Gasteiger partial charge < -0.3 is 24.3 Å². The van der Waals surface area contributed by atoms with E-state index in [9.17, 15) is 9.59 Å². The lowest BCUT2D eigenvalue weighted by Crippen LogP contribution is -2.11. The molecule has 0 radical (unpaired) electrons. The lowest BCUT2D eigenvalue weighted by molar-refractivity contribution is -0.111. The van der Waals surface area contributed by atoms with Gasteiger partial charge in [0.15, 0.2) is 28.8 Å². The monoisotopic (exact) mass is 369 g/mol. The molecule has 0 aliphatic carbocycles. The molecule has 0 unspecified atom stereocenters. The predicted octanol–water partition coefficient (Wildman–Crippen LogP) is 3.29. The van der Waals surface area contributed by atoms with Crippen LogP contribution in [0.5, 0.6) is 23.0 Å². The molecular weight excluding hydrogens is 350 g/mol. The van der Waals surface area contributed by atoms with E-state index in [4.69, 9.17) is 18.9 Å². The van der Waals surface area contributed by atoms with Gasteiger partial charge in [-0.15, -0.1) is 0 Å². The maximum absolute atomic E-state index is 12.3. The number of ketones is 1. The maximum Gasteiger partial charge on any atom is 0.248 e. The number of amides is 1. The number of methoxy groups -OCH3 is 2. The number of carbonyl (C=O) groups is 2. The van der Waals surface area contributed by atoms with E-state index in [1.165, 1.54) is 13.0 Å². The number of benzene rings is 2. The zero-order chi connectivity index (χ0) is 19.4. The van der Waals surface area contributed by atoms with Gasteiger partial charge in [0.25, 0.3) is 0 Å². The van der Waals surface area contributed by atoms with Gasteiger partial charge in [-0.25, -0.2) is 0 Å². The third kappa shape index (κ3) is 4.03. The summed E-state index contributed by atoms with van der Waals surface area (Å²) < 4.78 is 21.0. The van der Waals surface area contributed by atoms with Crippen molar-refractivity contribution in [2.24, 2.45) is 0 Å². The highest BCUT2D eigenvalue weighted by Crippen LogP contribution is 2.37. The summed E-state index contributed by atoms with van der Waals surface area (Å²) in [6.07, 6.45) is 3.01. The first kappa shape index (κ1) is 18.3. The molecule has 2 aromatic carbocycles. The van der Waals surface area contributed by atoms with E-state index >= 15 is 0 Å². The van der Waals surface area contributed by atoms with E-state index in [0.29, 0.717) is 34.2 Å². The minimum atomic E-state index is -0.383. The molecule has 1 amide bonds. The number of hydrogen-bond donors (Lipinski definition) is 1. The van der Waals surface area contributed by atoms with Crippen molar-refractivity contribution in [1.29, 1.82) is 0 Å². The second-order valence-corrected chi connectivity index (χ2v) is 5.74. The highest BCUT2D eigenvalue weighted by atomic mass is 16.7. The van der Waals surface area contributed by atoms with Gasteiger partial charge in [0.2, 0.25) is 12.7 Å². The summed E-state index contributed by atoms with van der Waals surface area (Å²) in [7, 11) is 3.10. The first-order chi connectivity index (χ1) is 13.0. The molecule has 1 heterocycles. The fraction of sp³-hybridized carbons (Fsp3) is 0.200. The molecule has 2 aromatic rings. The molecule has 140 valence electrons. The number of ether oxygens (including phenoxy) is 4. The molecule has 0 atom stereocenters. The predicted molar refractivity (Wildman–Crippen MR) is 99.8 cm³/mol.